The van der Waals surface area contributed by atoms with Crippen LogP contribution in [0, 0.1) is 0 Å². The van der Waals surface area contributed by atoms with Crippen LogP contribution >= 0.6 is 0 Å². The maximum Gasteiger partial charge on any atom is 0.356 e. The summed E-state index contributed by atoms with van der Waals surface area (Å²) in [6.45, 7) is 2.14. The van der Waals surface area contributed by atoms with Gasteiger partial charge in [0.25, 0.3) is 0 Å². The van der Waals surface area contributed by atoms with E-state index in [1.165, 1.54) is 11.1 Å². The zero-order chi connectivity index (χ0) is 15.4. The first-order chi connectivity index (χ1) is 10.8. The maximum absolute atomic E-state index is 11.8. The lowest BCUT2D eigenvalue weighted by Gasteiger charge is -2.03. The smallest absolute Gasteiger partial charge is 0.356 e. The Morgan fingerprint density at radius 3 is 2.82 bits per heavy atom. The lowest BCUT2D eigenvalue weighted by atomic mass is 10.0. The van der Waals surface area contributed by atoms with Crippen molar-refractivity contribution in [3.05, 3.63) is 65.6 Å². The van der Waals surface area contributed by atoms with Gasteiger partial charge in [-0.1, -0.05) is 30.3 Å². The second kappa shape index (κ2) is 6.43. The number of nitrogens with one attached hydrogen (secondary N) is 1. The van der Waals surface area contributed by atoms with E-state index in [0.29, 0.717) is 12.3 Å². The number of carbonyl (C=O) groups excluding carboxylic acids is 1. The van der Waals surface area contributed by atoms with E-state index in [9.17, 15) is 4.79 Å². The molecule has 112 valence electrons. The number of esters is 1. The molecule has 4 heteroatoms. The number of H-pyrrole nitrogens is 1. The van der Waals surface area contributed by atoms with Gasteiger partial charge in [-0.2, -0.15) is 0 Å². The van der Waals surface area contributed by atoms with Crippen LogP contribution in [0.5, 0.6) is 0 Å². The molecule has 0 atom stereocenters. The average molecular weight is 294 g/mol. The van der Waals surface area contributed by atoms with E-state index in [1.807, 2.05) is 30.5 Å². The first kappa shape index (κ1) is 14.3. The lowest BCUT2D eigenvalue weighted by molar-refractivity contribution is 0.0520. The number of pyridine rings is 1. The largest absolute Gasteiger partial charge is 0.461 e. The Morgan fingerprint density at radius 2 is 2.05 bits per heavy atom. The molecule has 1 N–H and O–H groups in total. The van der Waals surface area contributed by atoms with Crippen LogP contribution in [0.15, 0.2) is 48.8 Å². The maximum atomic E-state index is 11.8. The standard InChI is InChI=1S/C18H18N2O2/c1-2-22-18(21)16-10-15-14(11-19-17(15)12-20-16)9-8-13-6-4-3-5-7-13/h3-7,10-12,19H,2,8-9H2,1H3. The van der Waals surface area contributed by atoms with Gasteiger partial charge < -0.3 is 9.72 Å². The molecule has 2 aromatic heterocycles. The molecule has 3 rings (SSSR count). The molecule has 0 bridgehead atoms. The van der Waals surface area contributed by atoms with Crippen molar-refractivity contribution in [3.8, 4) is 0 Å². The number of ether oxygens (including phenoxy) is 1. The molecule has 0 aliphatic rings. The predicted molar refractivity (Wildman–Crippen MR) is 85.9 cm³/mol. The Kier molecular flexibility index (Phi) is 4.19. The minimum absolute atomic E-state index is 0.354. The summed E-state index contributed by atoms with van der Waals surface area (Å²) >= 11 is 0. The minimum atomic E-state index is -0.375. The van der Waals surface area contributed by atoms with E-state index >= 15 is 0 Å². The van der Waals surface area contributed by atoms with Crippen LogP contribution in [0.25, 0.3) is 10.9 Å². The third-order valence-electron chi connectivity index (χ3n) is 3.66. The molecule has 0 radical (unpaired) electrons. The molecule has 0 spiro atoms. The summed E-state index contributed by atoms with van der Waals surface area (Å²) in [4.78, 5) is 19.2. The second-order valence-corrected chi connectivity index (χ2v) is 5.14. The Hall–Kier alpha value is -2.62. The fourth-order valence-electron chi connectivity index (χ4n) is 2.53. The van der Waals surface area contributed by atoms with Crippen molar-refractivity contribution in [1.82, 2.24) is 9.97 Å². The number of rotatable bonds is 5. The average Bonchev–Trinajstić information content (AvgIpc) is 2.96. The molecule has 22 heavy (non-hydrogen) atoms. The van der Waals surface area contributed by atoms with Gasteiger partial charge in [0.1, 0.15) is 5.69 Å². The Labute approximate surface area is 129 Å². The topological polar surface area (TPSA) is 55.0 Å². The number of benzene rings is 1. The highest BCUT2D eigenvalue weighted by Crippen LogP contribution is 2.20. The monoisotopic (exact) mass is 294 g/mol. The molecule has 0 unspecified atom stereocenters. The summed E-state index contributed by atoms with van der Waals surface area (Å²) in [6.07, 6.45) is 5.55. The third-order valence-corrected chi connectivity index (χ3v) is 3.66. The van der Waals surface area contributed by atoms with Crippen LogP contribution in [0.4, 0.5) is 0 Å². The quantitative estimate of drug-likeness (QED) is 0.732. The van der Waals surface area contributed by atoms with Crippen molar-refractivity contribution < 1.29 is 9.53 Å². The molecule has 4 nitrogen and oxygen atoms in total. The highest BCUT2D eigenvalue weighted by Gasteiger charge is 2.11. The van der Waals surface area contributed by atoms with Gasteiger partial charge in [0.15, 0.2) is 0 Å². The van der Waals surface area contributed by atoms with Gasteiger partial charge in [0.05, 0.1) is 18.3 Å². The number of aromatic amines is 1. The predicted octanol–water partition coefficient (Wildman–Crippen LogP) is 3.52. The van der Waals surface area contributed by atoms with Gasteiger partial charge in [-0.15, -0.1) is 0 Å². The van der Waals surface area contributed by atoms with E-state index in [1.54, 1.807) is 13.1 Å². The highest BCUT2D eigenvalue weighted by atomic mass is 16.5. The number of aryl methyl sites for hydroxylation is 2. The van der Waals surface area contributed by atoms with E-state index in [2.05, 4.69) is 22.1 Å². The van der Waals surface area contributed by atoms with E-state index in [0.717, 1.165) is 23.7 Å². The van der Waals surface area contributed by atoms with Gasteiger partial charge in [-0.25, -0.2) is 9.78 Å². The van der Waals surface area contributed by atoms with E-state index < -0.39 is 0 Å². The Balaban J connectivity index is 1.83. The molecule has 0 saturated heterocycles. The number of hydrogen-bond donors (Lipinski definition) is 1. The SMILES string of the molecule is CCOC(=O)c1cc2c(CCc3ccccc3)c[nH]c2cn1. The minimum Gasteiger partial charge on any atom is -0.461 e. The van der Waals surface area contributed by atoms with Crippen molar-refractivity contribution in [3.63, 3.8) is 0 Å². The molecule has 0 saturated carbocycles. The molecule has 0 aliphatic heterocycles. The number of nitrogens with zero attached hydrogens (tertiary/aromatic N) is 1. The van der Waals surface area contributed by atoms with Crippen molar-refractivity contribution in [1.29, 1.82) is 0 Å². The third kappa shape index (κ3) is 3.01. The van der Waals surface area contributed by atoms with Crippen molar-refractivity contribution in [2.45, 2.75) is 19.8 Å². The Bertz CT molecular complexity index is 778. The summed E-state index contributed by atoms with van der Waals surface area (Å²) in [5, 5.41) is 1.04. The summed E-state index contributed by atoms with van der Waals surface area (Å²) in [5.74, 6) is -0.375. The summed E-state index contributed by atoms with van der Waals surface area (Å²) < 4.78 is 5.01. The van der Waals surface area contributed by atoms with Crippen LogP contribution in [0.2, 0.25) is 0 Å². The molecular weight excluding hydrogens is 276 g/mol. The Morgan fingerprint density at radius 1 is 1.23 bits per heavy atom. The normalized spacial score (nSPS) is 10.8. The molecular formula is C18H18N2O2. The summed E-state index contributed by atoms with van der Waals surface area (Å²) in [7, 11) is 0. The molecule has 1 aromatic carbocycles. The summed E-state index contributed by atoms with van der Waals surface area (Å²) in [6, 6.07) is 12.2. The van der Waals surface area contributed by atoms with Gasteiger partial charge >= 0.3 is 5.97 Å². The van der Waals surface area contributed by atoms with Gasteiger partial charge in [0.2, 0.25) is 0 Å². The zero-order valence-electron chi connectivity index (χ0n) is 12.5. The number of hydrogen-bond acceptors (Lipinski definition) is 3. The van der Waals surface area contributed by atoms with E-state index in [-0.39, 0.29) is 5.97 Å². The molecule has 0 amide bonds. The molecule has 3 aromatic rings. The van der Waals surface area contributed by atoms with Crippen molar-refractivity contribution in [2.24, 2.45) is 0 Å². The molecule has 2 heterocycles. The molecule has 0 aliphatic carbocycles. The molecule has 0 fully saturated rings. The van der Waals surface area contributed by atoms with Crippen LogP contribution in [-0.2, 0) is 17.6 Å². The number of aromatic nitrogens is 2. The number of carbonyl (C=O) groups is 1. The fraction of sp³-hybridized carbons (Fsp3) is 0.222. The van der Waals surface area contributed by atoms with Gasteiger partial charge in [0, 0.05) is 11.6 Å². The van der Waals surface area contributed by atoms with E-state index in [4.69, 9.17) is 4.74 Å². The first-order valence-electron chi connectivity index (χ1n) is 7.45. The fourth-order valence-corrected chi connectivity index (χ4v) is 2.53. The first-order valence-corrected chi connectivity index (χ1v) is 7.45. The highest BCUT2D eigenvalue weighted by molar-refractivity contribution is 5.93. The van der Waals surface area contributed by atoms with Gasteiger partial charge in [-0.05, 0) is 37.0 Å². The summed E-state index contributed by atoms with van der Waals surface area (Å²) in [5.41, 5.74) is 3.79. The lowest BCUT2D eigenvalue weighted by Crippen LogP contribution is -2.06. The van der Waals surface area contributed by atoms with Crippen LogP contribution in [-0.4, -0.2) is 22.5 Å². The van der Waals surface area contributed by atoms with Crippen LogP contribution < -0.4 is 0 Å². The van der Waals surface area contributed by atoms with Crippen molar-refractivity contribution in [2.75, 3.05) is 6.61 Å². The number of fused-ring (bicyclic) bond motifs is 1. The van der Waals surface area contributed by atoms with Crippen LogP contribution in [0.1, 0.15) is 28.5 Å². The second-order valence-electron chi connectivity index (χ2n) is 5.14. The van der Waals surface area contributed by atoms with Crippen LogP contribution in [0.3, 0.4) is 0 Å². The zero-order valence-corrected chi connectivity index (χ0v) is 12.5. The van der Waals surface area contributed by atoms with Gasteiger partial charge in [-0.3, -0.25) is 0 Å². The van der Waals surface area contributed by atoms with Crippen molar-refractivity contribution >= 4 is 16.9 Å².